The third kappa shape index (κ3) is 1.74. The zero-order chi connectivity index (χ0) is 13.5. The molecule has 1 aliphatic rings. The summed E-state index contributed by atoms with van der Waals surface area (Å²) < 4.78 is 5.28. The molecule has 2 N–H and O–H groups in total. The van der Waals surface area contributed by atoms with Crippen LogP contribution in [0.1, 0.15) is 25.0 Å². The van der Waals surface area contributed by atoms with E-state index < -0.39 is 5.54 Å². The van der Waals surface area contributed by atoms with Gasteiger partial charge >= 0.3 is 0 Å². The van der Waals surface area contributed by atoms with Crippen LogP contribution in [0.3, 0.4) is 0 Å². The van der Waals surface area contributed by atoms with Crippen molar-refractivity contribution in [1.82, 2.24) is 5.32 Å². The first kappa shape index (κ1) is 12.5. The van der Waals surface area contributed by atoms with Crippen LogP contribution in [-0.2, 0) is 4.79 Å². The van der Waals surface area contributed by atoms with Gasteiger partial charge in [0.2, 0.25) is 0 Å². The Bertz CT molecular complexity index is 544. The molecule has 0 atom stereocenters. The van der Waals surface area contributed by atoms with E-state index in [1.54, 1.807) is 27.0 Å². The Kier molecular flexibility index (Phi) is 2.81. The molecule has 1 aromatic rings. The van der Waals surface area contributed by atoms with Crippen molar-refractivity contribution in [2.24, 2.45) is 0 Å². The van der Waals surface area contributed by atoms with Crippen LogP contribution in [0.2, 0.25) is 0 Å². The van der Waals surface area contributed by atoms with Gasteiger partial charge in [-0.1, -0.05) is 12.1 Å². The number of benzene rings is 1. The number of hydrogen-bond donors (Lipinski definition) is 2. The fraction of sp³-hybridized carbons (Fsp3) is 0.357. The fourth-order valence-electron chi connectivity index (χ4n) is 2.19. The number of carbonyl (C=O) groups is 1. The Labute approximate surface area is 106 Å². The van der Waals surface area contributed by atoms with Crippen LogP contribution < -0.4 is 10.1 Å². The Morgan fingerprint density at radius 1 is 1.33 bits per heavy atom. The van der Waals surface area contributed by atoms with Crippen LogP contribution in [0.15, 0.2) is 24.0 Å². The first-order chi connectivity index (χ1) is 8.38. The molecule has 0 bridgehead atoms. The zero-order valence-corrected chi connectivity index (χ0v) is 11.0. The molecule has 0 unspecified atom stereocenters. The van der Waals surface area contributed by atoms with Crippen molar-refractivity contribution in [3.8, 4) is 5.75 Å². The number of aliphatic hydroxyl groups excluding tert-OH is 1. The monoisotopic (exact) mass is 247 g/mol. The summed E-state index contributed by atoms with van der Waals surface area (Å²) >= 11 is 0. The van der Waals surface area contributed by atoms with Gasteiger partial charge in [0.1, 0.15) is 11.5 Å². The summed E-state index contributed by atoms with van der Waals surface area (Å²) in [4.78, 5) is 12.0. The molecule has 4 nitrogen and oxygen atoms in total. The number of methoxy groups -OCH3 is 1. The van der Waals surface area contributed by atoms with Crippen LogP contribution >= 0.6 is 0 Å². The molecule has 0 aromatic heterocycles. The number of amides is 1. The molecule has 1 aliphatic heterocycles. The van der Waals surface area contributed by atoms with Crippen molar-refractivity contribution in [2.75, 3.05) is 7.11 Å². The van der Waals surface area contributed by atoms with Gasteiger partial charge in [0.15, 0.2) is 0 Å². The van der Waals surface area contributed by atoms with Crippen LogP contribution in [0.25, 0.3) is 5.57 Å². The van der Waals surface area contributed by atoms with E-state index in [1.807, 2.05) is 19.1 Å². The lowest BCUT2D eigenvalue weighted by atomic mass is 9.95. The van der Waals surface area contributed by atoms with Gasteiger partial charge in [-0.05, 0) is 32.4 Å². The van der Waals surface area contributed by atoms with Crippen molar-refractivity contribution in [2.45, 2.75) is 26.3 Å². The first-order valence-corrected chi connectivity index (χ1v) is 5.78. The summed E-state index contributed by atoms with van der Waals surface area (Å²) in [5, 5.41) is 13.0. The van der Waals surface area contributed by atoms with Gasteiger partial charge in [-0.3, -0.25) is 4.79 Å². The topological polar surface area (TPSA) is 58.6 Å². The normalized spacial score (nSPS) is 17.9. The molecule has 0 spiro atoms. The lowest BCUT2D eigenvalue weighted by Gasteiger charge is -2.17. The summed E-state index contributed by atoms with van der Waals surface area (Å²) in [6.07, 6.45) is 0. The van der Waals surface area contributed by atoms with E-state index in [2.05, 4.69) is 5.32 Å². The quantitative estimate of drug-likeness (QED) is 0.842. The second-order valence-electron chi connectivity index (χ2n) is 4.95. The van der Waals surface area contributed by atoms with Crippen LogP contribution in [0.4, 0.5) is 0 Å². The lowest BCUT2D eigenvalue weighted by Crippen LogP contribution is -2.38. The Hall–Kier alpha value is -1.97. The number of rotatable bonds is 2. The number of aryl methyl sites for hydroxylation is 1. The van der Waals surface area contributed by atoms with Crippen molar-refractivity contribution in [1.29, 1.82) is 0 Å². The third-order valence-electron chi connectivity index (χ3n) is 3.19. The van der Waals surface area contributed by atoms with Crippen LogP contribution in [0.5, 0.6) is 5.75 Å². The average molecular weight is 247 g/mol. The predicted molar refractivity (Wildman–Crippen MR) is 69.5 cm³/mol. The number of ether oxygens (including phenoxy) is 1. The SMILES string of the molecule is COc1cccc(C)c1C1=C(O)C(C)(C)NC1=O. The van der Waals surface area contributed by atoms with E-state index in [0.29, 0.717) is 16.9 Å². The smallest absolute Gasteiger partial charge is 0.256 e. The Morgan fingerprint density at radius 3 is 2.50 bits per heavy atom. The van der Waals surface area contributed by atoms with Crippen molar-refractivity contribution < 1.29 is 14.6 Å². The van der Waals surface area contributed by atoms with E-state index in [-0.39, 0.29) is 11.7 Å². The largest absolute Gasteiger partial charge is 0.509 e. The van der Waals surface area contributed by atoms with Gasteiger partial charge < -0.3 is 15.2 Å². The van der Waals surface area contributed by atoms with Gasteiger partial charge in [0.05, 0.1) is 18.2 Å². The number of nitrogens with one attached hydrogen (secondary N) is 1. The molecule has 0 saturated carbocycles. The molecule has 1 amide bonds. The summed E-state index contributed by atoms with van der Waals surface area (Å²) in [5.74, 6) is 0.370. The van der Waals surface area contributed by atoms with Gasteiger partial charge in [-0.15, -0.1) is 0 Å². The first-order valence-electron chi connectivity index (χ1n) is 5.78. The maximum Gasteiger partial charge on any atom is 0.256 e. The highest BCUT2D eigenvalue weighted by Gasteiger charge is 2.40. The molecule has 0 aliphatic carbocycles. The highest BCUT2D eigenvalue weighted by molar-refractivity contribution is 6.24. The van der Waals surface area contributed by atoms with E-state index in [4.69, 9.17) is 4.74 Å². The van der Waals surface area contributed by atoms with Gasteiger partial charge in [0.25, 0.3) is 5.91 Å². The third-order valence-corrected chi connectivity index (χ3v) is 3.19. The van der Waals surface area contributed by atoms with Gasteiger partial charge in [-0.2, -0.15) is 0 Å². The molecule has 2 rings (SSSR count). The molecular weight excluding hydrogens is 230 g/mol. The van der Waals surface area contributed by atoms with E-state index in [1.165, 1.54) is 0 Å². The maximum atomic E-state index is 12.0. The van der Waals surface area contributed by atoms with Gasteiger partial charge in [-0.25, -0.2) is 0 Å². The van der Waals surface area contributed by atoms with Crippen LogP contribution in [-0.4, -0.2) is 23.7 Å². The molecule has 4 heteroatoms. The van der Waals surface area contributed by atoms with Crippen molar-refractivity contribution in [3.05, 3.63) is 35.1 Å². The average Bonchev–Trinajstić information content (AvgIpc) is 2.49. The second kappa shape index (κ2) is 4.05. The van der Waals surface area contributed by atoms with Gasteiger partial charge in [0, 0.05) is 5.56 Å². The van der Waals surface area contributed by atoms with Crippen molar-refractivity contribution in [3.63, 3.8) is 0 Å². The highest BCUT2D eigenvalue weighted by Crippen LogP contribution is 2.37. The molecule has 0 radical (unpaired) electrons. The van der Waals surface area contributed by atoms with E-state index in [0.717, 1.165) is 5.56 Å². The fourth-order valence-corrected chi connectivity index (χ4v) is 2.19. The standard InChI is InChI=1S/C14H17NO3/c1-8-6-5-7-9(18-4)10(8)11-12(16)14(2,3)15-13(11)17/h5-7,16H,1-4H3,(H,15,17). The molecule has 0 fully saturated rings. The zero-order valence-electron chi connectivity index (χ0n) is 11.0. The lowest BCUT2D eigenvalue weighted by molar-refractivity contribution is -0.115. The Balaban J connectivity index is 2.70. The molecule has 1 heterocycles. The molecule has 1 aromatic carbocycles. The molecule has 18 heavy (non-hydrogen) atoms. The van der Waals surface area contributed by atoms with Crippen molar-refractivity contribution >= 4 is 11.5 Å². The summed E-state index contributed by atoms with van der Waals surface area (Å²) in [6.45, 7) is 5.41. The highest BCUT2D eigenvalue weighted by atomic mass is 16.5. The van der Waals surface area contributed by atoms with E-state index >= 15 is 0 Å². The van der Waals surface area contributed by atoms with Crippen LogP contribution in [0, 0.1) is 6.92 Å². The summed E-state index contributed by atoms with van der Waals surface area (Å²) in [5.41, 5.74) is 1.11. The minimum atomic E-state index is -0.736. The maximum absolute atomic E-state index is 12.0. The minimum absolute atomic E-state index is 0.0556. The van der Waals surface area contributed by atoms with E-state index in [9.17, 15) is 9.90 Å². The number of carbonyl (C=O) groups excluding carboxylic acids is 1. The predicted octanol–water partition coefficient (Wildman–Crippen LogP) is 2.18. The summed E-state index contributed by atoms with van der Waals surface area (Å²) in [6, 6.07) is 5.52. The number of aliphatic hydroxyl groups is 1. The molecule has 0 saturated heterocycles. The minimum Gasteiger partial charge on any atom is -0.509 e. The summed E-state index contributed by atoms with van der Waals surface area (Å²) in [7, 11) is 1.55. The second-order valence-corrected chi connectivity index (χ2v) is 4.95. The molecular formula is C14H17NO3. The number of hydrogen-bond acceptors (Lipinski definition) is 3. The molecule has 96 valence electrons. The Morgan fingerprint density at radius 2 is 2.00 bits per heavy atom.